The van der Waals surface area contributed by atoms with Crippen molar-refractivity contribution in [3.63, 3.8) is 0 Å². The largest absolute Gasteiger partial charge is 0.477 e. The molecule has 0 radical (unpaired) electrons. The SMILES string of the molecule is Cc1ccc(N2CCCc3cc(/C=C(/C(=N)C(=O)O)C(=O)Nc4cccc5ccccc45)ccc32)cc1. The van der Waals surface area contributed by atoms with Gasteiger partial charge in [-0.05, 0) is 72.7 Å². The topological polar surface area (TPSA) is 93.5 Å². The molecular formula is C31H27N3O3. The molecule has 37 heavy (non-hydrogen) atoms. The molecule has 4 aromatic rings. The van der Waals surface area contributed by atoms with E-state index in [4.69, 9.17) is 5.41 Å². The Hall–Kier alpha value is -4.71. The number of carboxylic acids is 1. The zero-order chi connectivity index (χ0) is 25.9. The number of nitrogens with zero attached hydrogens (tertiary/aromatic N) is 1. The van der Waals surface area contributed by atoms with Crippen molar-refractivity contribution in [2.24, 2.45) is 0 Å². The number of carbonyl (C=O) groups excluding carboxylic acids is 1. The van der Waals surface area contributed by atoms with Gasteiger partial charge in [-0.15, -0.1) is 0 Å². The van der Waals surface area contributed by atoms with Crippen LogP contribution in [0.5, 0.6) is 0 Å². The zero-order valence-corrected chi connectivity index (χ0v) is 20.5. The van der Waals surface area contributed by atoms with Crippen molar-refractivity contribution in [1.82, 2.24) is 0 Å². The number of benzene rings is 4. The highest BCUT2D eigenvalue weighted by atomic mass is 16.4. The Labute approximate surface area is 215 Å². The summed E-state index contributed by atoms with van der Waals surface area (Å²) in [7, 11) is 0. The van der Waals surface area contributed by atoms with Gasteiger partial charge in [0.1, 0.15) is 0 Å². The number of aliphatic carboxylic acids is 1. The Balaban J connectivity index is 1.48. The number of carbonyl (C=O) groups is 2. The number of fused-ring (bicyclic) bond motifs is 2. The molecular weight excluding hydrogens is 462 g/mol. The zero-order valence-electron chi connectivity index (χ0n) is 20.5. The molecule has 0 saturated heterocycles. The van der Waals surface area contributed by atoms with Gasteiger partial charge in [-0.1, -0.05) is 60.2 Å². The third kappa shape index (κ3) is 5.00. The number of anilines is 3. The highest BCUT2D eigenvalue weighted by Crippen LogP contribution is 2.34. The van der Waals surface area contributed by atoms with E-state index in [0.717, 1.165) is 47.1 Å². The van der Waals surface area contributed by atoms with E-state index in [9.17, 15) is 14.7 Å². The molecule has 0 aromatic heterocycles. The van der Waals surface area contributed by atoms with Gasteiger partial charge in [0.15, 0.2) is 5.71 Å². The maximum absolute atomic E-state index is 13.3. The van der Waals surface area contributed by atoms with Crippen LogP contribution in [0, 0.1) is 12.3 Å². The molecule has 5 rings (SSSR count). The van der Waals surface area contributed by atoms with E-state index in [1.807, 2.05) is 54.6 Å². The molecule has 0 unspecified atom stereocenters. The lowest BCUT2D eigenvalue weighted by molar-refractivity contribution is -0.129. The highest BCUT2D eigenvalue weighted by molar-refractivity contribution is 6.50. The van der Waals surface area contributed by atoms with E-state index in [1.54, 1.807) is 6.07 Å². The minimum absolute atomic E-state index is 0.202. The van der Waals surface area contributed by atoms with Crippen LogP contribution >= 0.6 is 0 Å². The number of hydrogen-bond donors (Lipinski definition) is 3. The van der Waals surface area contributed by atoms with Gasteiger partial charge in [0.05, 0.1) is 5.57 Å². The van der Waals surface area contributed by atoms with E-state index in [-0.39, 0.29) is 5.57 Å². The second-order valence-corrected chi connectivity index (χ2v) is 9.20. The summed E-state index contributed by atoms with van der Waals surface area (Å²) < 4.78 is 0. The van der Waals surface area contributed by atoms with Crippen molar-refractivity contribution in [1.29, 1.82) is 5.41 Å². The van der Waals surface area contributed by atoms with Crippen LogP contribution in [-0.4, -0.2) is 29.2 Å². The second kappa shape index (κ2) is 10.1. The average Bonchev–Trinajstić information content (AvgIpc) is 2.91. The predicted octanol–water partition coefficient (Wildman–Crippen LogP) is 6.36. The normalized spacial score (nSPS) is 13.2. The molecule has 0 atom stereocenters. The van der Waals surface area contributed by atoms with Gasteiger partial charge >= 0.3 is 5.97 Å². The van der Waals surface area contributed by atoms with E-state index in [1.165, 1.54) is 11.6 Å². The van der Waals surface area contributed by atoms with Gasteiger partial charge in [0.25, 0.3) is 5.91 Å². The second-order valence-electron chi connectivity index (χ2n) is 9.20. The first-order valence-corrected chi connectivity index (χ1v) is 12.2. The number of hydrogen-bond acceptors (Lipinski definition) is 4. The van der Waals surface area contributed by atoms with Crippen LogP contribution in [0.4, 0.5) is 17.1 Å². The maximum atomic E-state index is 13.3. The molecule has 6 nitrogen and oxygen atoms in total. The smallest absolute Gasteiger partial charge is 0.354 e. The summed E-state index contributed by atoms with van der Waals surface area (Å²) >= 11 is 0. The summed E-state index contributed by atoms with van der Waals surface area (Å²) in [5.74, 6) is -2.09. The van der Waals surface area contributed by atoms with Crippen LogP contribution in [0.1, 0.15) is 23.1 Å². The Morgan fingerprint density at radius 3 is 2.51 bits per heavy atom. The summed E-state index contributed by atoms with van der Waals surface area (Å²) in [6.45, 7) is 2.98. The van der Waals surface area contributed by atoms with Gasteiger partial charge in [0, 0.05) is 29.0 Å². The summed E-state index contributed by atoms with van der Waals surface area (Å²) in [6.07, 6.45) is 3.35. The fourth-order valence-corrected chi connectivity index (χ4v) is 4.76. The molecule has 1 heterocycles. The van der Waals surface area contributed by atoms with Gasteiger partial charge in [-0.3, -0.25) is 10.2 Å². The molecule has 1 aliphatic rings. The third-order valence-corrected chi connectivity index (χ3v) is 6.64. The molecule has 0 bridgehead atoms. The molecule has 0 aliphatic carbocycles. The predicted molar refractivity (Wildman–Crippen MR) is 149 cm³/mol. The first-order valence-electron chi connectivity index (χ1n) is 12.2. The van der Waals surface area contributed by atoms with E-state index in [2.05, 4.69) is 41.4 Å². The van der Waals surface area contributed by atoms with E-state index in [0.29, 0.717) is 11.3 Å². The van der Waals surface area contributed by atoms with Gasteiger partial charge < -0.3 is 15.3 Å². The molecule has 184 valence electrons. The van der Waals surface area contributed by atoms with Gasteiger partial charge in [0.2, 0.25) is 0 Å². The van der Waals surface area contributed by atoms with E-state index >= 15 is 0 Å². The summed E-state index contributed by atoms with van der Waals surface area (Å²) in [4.78, 5) is 27.2. The Kier molecular flexibility index (Phi) is 6.56. The van der Waals surface area contributed by atoms with Crippen molar-refractivity contribution in [3.05, 3.63) is 107 Å². The van der Waals surface area contributed by atoms with Crippen LogP contribution in [0.25, 0.3) is 16.8 Å². The number of rotatable bonds is 6. The summed E-state index contributed by atoms with van der Waals surface area (Å²) in [6, 6.07) is 27.4. The van der Waals surface area contributed by atoms with Crippen molar-refractivity contribution < 1.29 is 14.7 Å². The third-order valence-electron chi connectivity index (χ3n) is 6.64. The van der Waals surface area contributed by atoms with Crippen LogP contribution in [0.3, 0.4) is 0 Å². The Morgan fingerprint density at radius 2 is 1.73 bits per heavy atom. The maximum Gasteiger partial charge on any atom is 0.354 e. The minimum atomic E-state index is -1.46. The molecule has 1 aliphatic heterocycles. The van der Waals surface area contributed by atoms with Crippen LogP contribution in [0.2, 0.25) is 0 Å². The van der Waals surface area contributed by atoms with Crippen molar-refractivity contribution in [2.45, 2.75) is 19.8 Å². The first kappa shape index (κ1) is 24.0. The number of aryl methyl sites for hydroxylation is 2. The van der Waals surface area contributed by atoms with Crippen LogP contribution in [-0.2, 0) is 16.0 Å². The molecule has 3 N–H and O–H groups in total. The van der Waals surface area contributed by atoms with Gasteiger partial charge in [-0.25, -0.2) is 4.79 Å². The van der Waals surface area contributed by atoms with Crippen LogP contribution in [0.15, 0.2) is 90.5 Å². The quantitative estimate of drug-likeness (QED) is 0.217. The Bertz CT molecular complexity index is 1550. The van der Waals surface area contributed by atoms with Crippen molar-refractivity contribution in [2.75, 3.05) is 16.8 Å². The first-order chi connectivity index (χ1) is 17.9. The minimum Gasteiger partial charge on any atom is -0.477 e. The molecule has 0 saturated carbocycles. The van der Waals surface area contributed by atoms with Crippen molar-refractivity contribution in [3.8, 4) is 0 Å². The van der Waals surface area contributed by atoms with Crippen LogP contribution < -0.4 is 10.2 Å². The summed E-state index contributed by atoms with van der Waals surface area (Å²) in [5, 5.41) is 22.3. The monoisotopic (exact) mass is 489 g/mol. The van der Waals surface area contributed by atoms with Gasteiger partial charge in [-0.2, -0.15) is 0 Å². The molecule has 4 aromatic carbocycles. The Morgan fingerprint density at radius 1 is 0.973 bits per heavy atom. The van der Waals surface area contributed by atoms with E-state index < -0.39 is 17.6 Å². The molecule has 1 amide bonds. The number of nitrogens with one attached hydrogen (secondary N) is 2. The fraction of sp³-hybridized carbons (Fsp3) is 0.129. The highest BCUT2D eigenvalue weighted by Gasteiger charge is 2.23. The lowest BCUT2D eigenvalue weighted by Gasteiger charge is -2.31. The lowest BCUT2D eigenvalue weighted by Crippen LogP contribution is -2.25. The number of carboxylic acid groups (broad SMARTS) is 1. The molecule has 0 fully saturated rings. The fourth-order valence-electron chi connectivity index (χ4n) is 4.76. The standard InChI is InChI=1S/C31H27N3O3/c1-20-11-14-24(15-12-20)34-17-5-8-23-18-21(13-16-28(23)34)19-26(29(32)31(36)37)30(35)33-27-10-4-7-22-6-2-3-9-25(22)27/h2-4,6-7,9-16,18-19,32H,5,8,17H2,1H3,(H,33,35)(H,36,37)/b26-19-,32-29?. The molecule has 0 spiro atoms. The molecule has 6 heteroatoms. The summed E-state index contributed by atoms with van der Waals surface area (Å²) in [5.41, 5.74) is 4.83. The lowest BCUT2D eigenvalue weighted by atomic mass is 9.96. The number of amides is 1. The average molecular weight is 490 g/mol. The van der Waals surface area contributed by atoms with Crippen molar-refractivity contribution >= 4 is 51.5 Å².